The molecule has 35 heavy (non-hydrogen) atoms. The highest BCUT2D eigenvalue weighted by Gasteiger charge is 2.42. The number of ether oxygens (including phenoxy) is 2. The van der Waals surface area contributed by atoms with Gasteiger partial charge in [-0.1, -0.05) is 42.0 Å². The largest absolute Gasteiger partial charge is 0.573 e. The van der Waals surface area contributed by atoms with E-state index in [1.165, 1.54) is 19.9 Å². The molecule has 14 heteroatoms. The topological polar surface area (TPSA) is 48.4 Å². The predicted molar refractivity (Wildman–Crippen MR) is 116 cm³/mol. The number of halogens is 9. The zero-order valence-corrected chi connectivity index (χ0v) is 20.5. The summed E-state index contributed by atoms with van der Waals surface area (Å²) in [7, 11) is 0.830. The standard InChI is InChI=1S/C21H16BrF8NO3S/c1-8(2)6-11-13(19(32)33-3)15(18(23)24)31-17(20(25,26)27)14(11)16(35)10-5-4-9(22)7-12(10)34-21(28,29)30/h4-5,7-8,18H,6H2,1-3H3. The van der Waals surface area contributed by atoms with Crippen LogP contribution in [0.2, 0.25) is 0 Å². The molecule has 0 fully saturated rings. The van der Waals surface area contributed by atoms with E-state index in [4.69, 9.17) is 12.2 Å². The molecule has 0 aliphatic carbocycles. The Labute approximate surface area is 207 Å². The first-order valence-electron chi connectivity index (χ1n) is 9.58. The van der Waals surface area contributed by atoms with Crippen LogP contribution in [0.3, 0.4) is 0 Å². The summed E-state index contributed by atoms with van der Waals surface area (Å²) in [5.74, 6) is -2.84. The van der Waals surface area contributed by atoms with Crippen LogP contribution in [-0.2, 0) is 17.3 Å². The van der Waals surface area contributed by atoms with Crippen molar-refractivity contribution in [2.45, 2.75) is 39.2 Å². The Hall–Kier alpha value is -2.35. The van der Waals surface area contributed by atoms with Crippen LogP contribution in [0.25, 0.3) is 0 Å². The van der Waals surface area contributed by atoms with Crippen LogP contribution in [0.15, 0.2) is 22.7 Å². The van der Waals surface area contributed by atoms with Gasteiger partial charge in [-0.2, -0.15) is 13.2 Å². The lowest BCUT2D eigenvalue weighted by Crippen LogP contribution is -2.26. The van der Waals surface area contributed by atoms with Crippen LogP contribution >= 0.6 is 28.1 Å². The average Bonchev–Trinajstić information content (AvgIpc) is 2.69. The number of carbonyl (C=O) groups is 1. The Bertz CT molecular complexity index is 1130. The molecule has 1 heterocycles. The number of esters is 1. The molecular weight excluding hydrogens is 578 g/mol. The number of nitrogens with zero attached hydrogens (tertiary/aromatic N) is 1. The first-order chi connectivity index (χ1) is 16.0. The molecular formula is C21H16BrF8NO3S. The number of benzene rings is 1. The molecule has 0 saturated heterocycles. The van der Waals surface area contributed by atoms with Crippen molar-refractivity contribution in [1.29, 1.82) is 0 Å². The van der Waals surface area contributed by atoms with E-state index in [0.29, 0.717) is 0 Å². The van der Waals surface area contributed by atoms with Crippen molar-refractivity contribution in [3.05, 3.63) is 56.3 Å². The summed E-state index contributed by atoms with van der Waals surface area (Å²) in [6, 6.07) is 2.99. The maximum atomic E-state index is 14.0. The Kier molecular flexibility index (Phi) is 8.85. The monoisotopic (exact) mass is 593 g/mol. The number of hydrogen-bond acceptors (Lipinski definition) is 5. The number of rotatable bonds is 7. The second-order valence-corrected chi connectivity index (χ2v) is 8.80. The van der Waals surface area contributed by atoms with Crippen molar-refractivity contribution in [2.24, 2.45) is 5.92 Å². The Morgan fingerprint density at radius 1 is 1.11 bits per heavy atom. The molecule has 0 aliphatic rings. The molecule has 2 aromatic rings. The summed E-state index contributed by atoms with van der Waals surface area (Å²) in [5, 5.41) is 0. The second kappa shape index (κ2) is 10.7. The van der Waals surface area contributed by atoms with E-state index in [9.17, 15) is 39.9 Å². The molecule has 2 rings (SSSR count). The minimum Gasteiger partial charge on any atom is -0.465 e. The third-order valence-electron chi connectivity index (χ3n) is 4.45. The lowest BCUT2D eigenvalue weighted by atomic mass is 9.87. The molecule has 0 spiro atoms. The first-order valence-corrected chi connectivity index (χ1v) is 10.8. The predicted octanol–water partition coefficient (Wildman–Crippen LogP) is 7.45. The minimum absolute atomic E-state index is 0.0863. The minimum atomic E-state index is -5.36. The van der Waals surface area contributed by atoms with Crippen LogP contribution in [0.4, 0.5) is 35.1 Å². The third-order valence-corrected chi connectivity index (χ3v) is 5.36. The SMILES string of the molecule is COC(=O)c1c(C(F)F)nc(C(F)(F)F)c(C(=S)c2ccc(Br)cc2OC(F)(F)F)c1CC(C)C. The quantitative estimate of drug-likeness (QED) is 0.144. The van der Waals surface area contributed by atoms with Gasteiger partial charge >= 0.3 is 18.5 Å². The fourth-order valence-electron chi connectivity index (χ4n) is 3.23. The molecule has 1 aromatic heterocycles. The maximum Gasteiger partial charge on any atom is 0.573 e. The van der Waals surface area contributed by atoms with Gasteiger partial charge in [0.2, 0.25) is 0 Å². The van der Waals surface area contributed by atoms with Gasteiger partial charge in [-0.25, -0.2) is 18.6 Å². The molecule has 0 aliphatic heterocycles. The maximum absolute atomic E-state index is 14.0. The molecule has 1 aromatic carbocycles. The van der Waals surface area contributed by atoms with Crippen LogP contribution in [-0.4, -0.2) is 29.3 Å². The number of hydrogen-bond donors (Lipinski definition) is 0. The molecule has 0 saturated carbocycles. The van der Waals surface area contributed by atoms with E-state index in [1.54, 1.807) is 0 Å². The van der Waals surface area contributed by atoms with Crippen molar-refractivity contribution in [3.8, 4) is 5.75 Å². The van der Waals surface area contributed by atoms with Gasteiger partial charge in [0.05, 0.1) is 17.5 Å². The third kappa shape index (κ3) is 6.87. The molecule has 0 bridgehead atoms. The summed E-state index contributed by atoms with van der Waals surface area (Å²) < 4.78 is 117. The Balaban J connectivity index is 3.04. The van der Waals surface area contributed by atoms with E-state index in [1.807, 2.05) is 0 Å². The Morgan fingerprint density at radius 2 is 1.71 bits per heavy atom. The van der Waals surface area contributed by atoms with Crippen molar-refractivity contribution < 1.29 is 49.4 Å². The van der Waals surface area contributed by atoms with E-state index in [0.717, 1.165) is 19.2 Å². The van der Waals surface area contributed by atoms with Crippen LogP contribution in [0.5, 0.6) is 5.75 Å². The van der Waals surface area contributed by atoms with Crippen LogP contribution in [0, 0.1) is 5.92 Å². The molecule has 0 N–H and O–H groups in total. The van der Waals surface area contributed by atoms with Gasteiger partial charge in [0.25, 0.3) is 6.43 Å². The summed E-state index contributed by atoms with van der Waals surface area (Å²) in [4.78, 5) is 14.6. The Morgan fingerprint density at radius 3 is 2.17 bits per heavy atom. The lowest BCUT2D eigenvalue weighted by molar-refractivity contribution is -0.274. The number of aromatic nitrogens is 1. The van der Waals surface area contributed by atoms with Crippen molar-refractivity contribution in [3.63, 3.8) is 0 Å². The van der Waals surface area contributed by atoms with Gasteiger partial charge < -0.3 is 9.47 Å². The zero-order valence-electron chi connectivity index (χ0n) is 18.1. The van der Waals surface area contributed by atoms with Crippen molar-refractivity contribution >= 4 is 39.0 Å². The van der Waals surface area contributed by atoms with Gasteiger partial charge in [-0.3, -0.25) is 0 Å². The fourth-order valence-corrected chi connectivity index (χ4v) is 3.96. The number of pyridine rings is 1. The average molecular weight is 594 g/mol. The summed E-state index contributed by atoms with van der Waals surface area (Å²) in [6.07, 6.45) is -14.6. The molecule has 4 nitrogen and oxygen atoms in total. The van der Waals surface area contributed by atoms with Gasteiger partial charge in [-0.15, -0.1) is 13.2 Å². The van der Waals surface area contributed by atoms with Crippen molar-refractivity contribution in [1.82, 2.24) is 4.98 Å². The second-order valence-electron chi connectivity index (χ2n) is 7.48. The van der Waals surface area contributed by atoms with E-state index in [-0.39, 0.29) is 10.9 Å². The van der Waals surface area contributed by atoms with E-state index >= 15 is 0 Å². The summed E-state index contributed by atoms with van der Waals surface area (Å²) >= 11 is 8.09. The van der Waals surface area contributed by atoms with Gasteiger partial charge in [0.15, 0.2) is 5.69 Å². The normalized spacial score (nSPS) is 12.3. The van der Waals surface area contributed by atoms with Crippen LogP contribution in [0.1, 0.15) is 58.7 Å². The van der Waals surface area contributed by atoms with Crippen molar-refractivity contribution in [2.75, 3.05) is 7.11 Å². The zero-order chi connectivity index (χ0) is 26.9. The molecule has 192 valence electrons. The smallest absolute Gasteiger partial charge is 0.465 e. The lowest BCUT2D eigenvalue weighted by Gasteiger charge is -2.24. The molecule has 0 atom stereocenters. The highest BCUT2D eigenvalue weighted by molar-refractivity contribution is 9.10. The van der Waals surface area contributed by atoms with E-state index < -0.39 is 75.1 Å². The first kappa shape index (κ1) is 28.9. The molecule has 0 radical (unpaired) electrons. The van der Waals surface area contributed by atoms with Crippen LogP contribution < -0.4 is 4.74 Å². The summed E-state index contributed by atoms with van der Waals surface area (Å²) in [6.45, 7) is 3.06. The van der Waals surface area contributed by atoms with Gasteiger partial charge in [0.1, 0.15) is 11.4 Å². The molecule has 0 amide bonds. The number of methoxy groups -OCH3 is 1. The van der Waals surface area contributed by atoms with E-state index in [2.05, 4.69) is 30.4 Å². The highest BCUT2D eigenvalue weighted by atomic mass is 79.9. The number of thiocarbonyl (C=S) groups is 1. The molecule has 0 unspecified atom stereocenters. The highest BCUT2D eigenvalue weighted by Crippen LogP contribution is 2.40. The number of alkyl halides is 8. The van der Waals surface area contributed by atoms with Gasteiger partial charge in [0, 0.05) is 15.6 Å². The van der Waals surface area contributed by atoms with Gasteiger partial charge in [-0.05, 0) is 36.1 Å². The fraction of sp³-hybridized carbons (Fsp3) is 0.381. The number of carbonyl (C=O) groups excluding carboxylic acids is 1. The summed E-state index contributed by atoms with van der Waals surface area (Å²) in [5.41, 5.74) is -6.44.